The molecule has 1 heterocycles. The molecule has 1 aromatic heterocycles. The molecule has 6 heteroatoms. The van der Waals surface area contributed by atoms with Crippen molar-refractivity contribution in [3.8, 4) is 0 Å². The van der Waals surface area contributed by atoms with Crippen molar-refractivity contribution in [2.75, 3.05) is 0 Å². The molecule has 6 nitrogen and oxygen atoms in total. The Balaban J connectivity index is 1.87. The van der Waals surface area contributed by atoms with Gasteiger partial charge in [-0.25, -0.2) is 0 Å². The average Bonchev–Trinajstić information content (AvgIpc) is 3.02. The minimum absolute atomic E-state index is 0.00231. The van der Waals surface area contributed by atoms with Crippen LogP contribution in [0.1, 0.15) is 18.1 Å². The first kappa shape index (κ1) is 16.8. The Hall–Kier alpha value is -3.67. The molecule has 3 aromatic carbocycles. The Labute approximate surface area is 155 Å². The molecule has 4 rings (SSSR count). The summed E-state index contributed by atoms with van der Waals surface area (Å²) in [4.78, 5) is 10.4. The summed E-state index contributed by atoms with van der Waals surface area (Å²) in [5.74, 6) is 0. The number of nitro groups is 1. The number of para-hydroxylation sites is 1. The van der Waals surface area contributed by atoms with E-state index in [9.17, 15) is 15.3 Å². The molecule has 0 aliphatic carbocycles. The predicted molar refractivity (Wildman–Crippen MR) is 106 cm³/mol. The third-order valence-corrected chi connectivity index (χ3v) is 4.81. The number of aromatic nitrogens is 1. The van der Waals surface area contributed by atoms with E-state index in [0.29, 0.717) is 11.3 Å². The van der Waals surface area contributed by atoms with Crippen LogP contribution in [0.5, 0.6) is 0 Å². The summed E-state index contributed by atoms with van der Waals surface area (Å²) in [7, 11) is 0. The van der Waals surface area contributed by atoms with Gasteiger partial charge in [0.05, 0.1) is 4.92 Å². The largest absolute Gasteiger partial charge is 0.410 e. The molecule has 1 N–H and O–H groups in total. The molecule has 0 atom stereocenters. The maximum Gasteiger partial charge on any atom is 0.269 e. The molecular formula is C21H17N3O3. The van der Waals surface area contributed by atoms with Gasteiger partial charge in [0, 0.05) is 51.6 Å². The predicted octanol–water partition coefficient (Wildman–Crippen LogP) is 4.95. The average molecular weight is 359 g/mol. The second-order valence-corrected chi connectivity index (χ2v) is 6.25. The van der Waals surface area contributed by atoms with Gasteiger partial charge < -0.3 is 9.77 Å². The van der Waals surface area contributed by atoms with Gasteiger partial charge in [-0.05, 0) is 37.3 Å². The normalized spacial score (nSPS) is 12.0. The van der Waals surface area contributed by atoms with Gasteiger partial charge in [-0.1, -0.05) is 29.4 Å². The zero-order valence-electron chi connectivity index (χ0n) is 14.7. The van der Waals surface area contributed by atoms with Gasteiger partial charge in [0.25, 0.3) is 5.69 Å². The highest BCUT2D eigenvalue weighted by Crippen LogP contribution is 2.30. The van der Waals surface area contributed by atoms with Gasteiger partial charge in [0.15, 0.2) is 0 Å². The molecule has 0 fully saturated rings. The Kier molecular flexibility index (Phi) is 4.08. The number of non-ortho nitro benzene ring substituents is 1. The summed E-state index contributed by atoms with van der Waals surface area (Å²) in [6.07, 6.45) is 0. The lowest BCUT2D eigenvalue weighted by atomic mass is 10.00. The van der Waals surface area contributed by atoms with Crippen molar-refractivity contribution in [2.24, 2.45) is 5.16 Å². The SMILES string of the molecule is CCn1c2ccccc2c2cc(/C(=N/O)c3ccc([N+](=O)[O-])cc3)ccc21. The number of oxime groups is 1. The van der Waals surface area contributed by atoms with Crippen LogP contribution in [-0.4, -0.2) is 20.4 Å². The fourth-order valence-electron chi connectivity index (χ4n) is 3.56. The minimum atomic E-state index is -0.453. The fraction of sp³-hybridized carbons (Fsp3) is 0.0952. The van der Waals surface area contributed by atoms with Crippen molar-refractivity contribution in [2.45, 2.75) is 13.5 Å². The summed E-state index contributed by atoms with van der Waals surface area (Å²) in [5, 5.41) is 26.1. The molecule has 0 aliphatic rings. The first-order valence-electron chi connectivity index (χ1n) is 8.62. The fourth-order valence-corrected chi connectivity index (χ4v) is 3.56. The Morgan fingerprint density at radius 3 is 2.33 bits per heavy atom. The van der Waals surface area contributed by atoms with Crippen molar-refractivity contribution in [1.29, 1.82) is 0 Å². The van der Waals surface area contributed by atoms with E-state index >= 15 is 0 Å². The maximum atomic E-state index is 10.8. The molecule has 0 aliphatic heterocycles. The minimum Gasteiger partial charge on any atom is -0.410 e. The van der Waals surface area contributed by atoms with Crippen LogP contribution in [0.3, 0.4) is 0 Å². The molecule has 0 spiro atoms. The van der Waals surface area contributed by atoms with Crippen LogP contribution in [-0.2, 0) is 6.54 Å². The van der Waals surface area contributed by atoms with Gasteiger partial charge >= 0.3 is 0 Å². The van der Waals surface area contributed by atoms with Crippen LogP contribution in [0.15, 0.2) is 71.9 Å². The first-order chi connectivity index (χ1) is 13.1. The third-order valence-electron chi connectivity index (χ3n) is 4.81. The van der Waals surface area contributed by atoms with E-state index in [0.717, 1.165) is 33.9 Å². The highest BCUT2D eigenvalue weighted by atomic mass is 16.6. The van der Waals surface area contributed by atoms with Crippen molar-refractivity contribution in [3.05, 3.63) is 88.0 Å². The van der Waals surface area contributed by atoms with E-state index in [1.54, 1.807) is 12.1 Å². The van der Waals surface area contributed by atoms with E-state index in [-0.39, 0.29) is 5.69 Å². The maximum absolute atomic E-state index is 10.8. The van der Waals surface area contributed by atoms with E-state index < -0.39 is 4.92 Å². The monoisotopic (exact) mass is 359 g/mol. The zero-order valence-corrected chi connectivity index (χ0v) is 14.7. The lowest BCUT2D eigenvalue weighted by molar-refractivity contribution is -0.384. The standard InChI is InChI=1S/C21H17N3O3/c1-2-23-19-6-4-3-5-17(19)18-13-15(9-12-20(18)23)21(22-25)14-7-10-16(11-8-14)24(26)27/h3-13,25H,2H2,1H3/b22-21+. The molecular weight excluding hydrogens is 342 g/mol. The van der Waals surface area contributed by atoms with E-state index in [1.807, 2.05) is 30.3 Å². The van der Waals surface area contributed by atoms with Crippen LogP contribution in [0.4, 0.5) is 5.69 Å². The second kappa shape index (κ2) is 6.57. The van der Waals surface area contributed by atoms with E-state index in [1.165, 1.54) is 12.1 Å². The Morgan fingerprint density at radius 2 is 1.67 bits per heavy atom. The Bertz CT molecular complexity index is 1190. The number of aryl methyl sites for hydroxylation is 1. The van der Waals surface area contributed by atoms with Crippen LogP contribution < -0.4 is 0 Å². The molecule has 0 bridgehead atoms. The summed E-state index contributed by atoms with van der Waals surface area (Å²) >= 11 is 0. The quantitative estimate of drug-likeness (QED) is 0.242. The lowest BCUT2D eigenvalue weighted by Crippen LogP contribution is -2.04. The van der Waals surface area contributed by atoms with E-state index in [2.05, 4.69) is 28.8 Å². The molecule has 134 valence electrons. The van der Waals surface area contributed by atoms with E-state index in [4.69, 9.17) is 0 Å². The van der Waals surface area contributed by atoms with Gasteiger partial charge in [0.1, 0.15) is 5.71 Å². The number of fused-ring (bicyclic) bond motifs is 3. The summed E-state index contributed by atoms with van der Waals surface area (Å²) in [5.41, 5.74) is 4.01. The number of hydrogen-bond acceptors (Lipinski definition) is 4. The third kappa shape index (κ3) is 2.71. The van der Waals surface area contributed by atoms with Crippen molar-refractivity contribution in [1.82, 2.24) is 4.57 Å². The smallest absolute Gasteiger partial charge is 0.269 e. The van der Waals surface area contributed by atoms with Crippen molar-refractivity contribution >= 4 is 33.2 Å². The van der Waals surface area contributed by atoms with Crippen LogP contribution in [0.25, 0.3) is 21.8 Å². The molecule has 27 heavy (non-hydrogen) atoms. The van der Waals surface area contributed by atoms with Crippen molar-refractivity contribution in [3.63, 3.8) is 0 Å². The zero-order chi connectivity index (χ0) is 19.0. The molecule has 0 saturated heterocycles. The second-order valence-electron chi connectivity index (χ2n) is 6.25. The van der Waals surface area contributed by atoms with Gasteiger partial charge in [-0.3, -0.25) is 10.1 Å². The van der Waals surface area contributed by atoms with Crippen molar-refractivity contribution < 1.29 is 10.1 Å². The van der Waals surface area contributed by atoms with Gasteiger partial charge in [0.2, 0.25) is 0 Å². The number of benzene rings is 3. The van der Waals surface area contributed by atoms with Crippen LogP contribution >= 0.6 is 0 Å². The molecule has 0 radical (unpaired) electrons. The number of hydrogen-bond donors (Lipinski definition) is 1. The van der Waals surface area contributed by atoms with Crippen LogP contribution in [0.2, 0.25) is 0 Å². The number of rotatable bonds is 4. The summed E-state index contributed by atoms with van der Waals surface area (Å²) < 4.78 is 2.25. The lowest BCUT2D eigenvalue weighted by Gasteiger charge is -2.07. The Morgan fingerprint density at radius 1 is 1.00 bits per heavy atom. The topological polar surface area (TPSA) is 80.7 Å². The number of nitro benzene ring substituents is 1. The molecule has 4 aromatic rings. The molecule has 0 unspecified atom stereocenters. The molecule has 0 saturated carbocycles. The first-order valence-corrected chi connectivity index (χ1v) is 8.62. The molecule has 0 amide bonds. The number of nitrogens with zero attached hydrogens (tertiary/aromatic N) is 3. The highest BCUT2D eigenvalue weighted by Gasteiger charge is 2.14. The van der Waals surface area contributed by atoms with Gasteiger partial charge in [-0.2, -0.15) is 0 Å². The van der Waals surface area contributed by atoms with Gasteiger partial charge in [-0.15, -0.1) is 0 Å². The van der Waals surface area contributed by atoms with Crippen LogP contribution in [0, 0.1) is 10.1 Å². The summed E-state index contributed by atoms with van der Waals surface area (Å²) in [6.45, 7) is 2.96. The highest BCUT2D eigenvalue weighted by molar-refractivity contribution is 6.16. The summed E-state index contributed by atoms with van der Waals surface area (Å²) in [6, 6.07) is 20.1.